The zero-order valence-corrected chi connectivity index (χ0v) is 24.3. The Morgan fingerprint density at radius 3 is 2.34 bits per heavy atom. The SMILES string of the molecule is C=CC(=O)Nc1cc(Nc2cc(Nc3cc(OC)c(Cl)cc3Cl)ncn2)c(OC)cc1OCCCN1CCOCC1. The number of halogens is 2. The van der Waals surface area contributed by atoms with Crippen LogP contribution in [0.5, 0.6) is 17.2 Å². The van der Waals surface area contributed by atoms with Crippen LogP contribution in [0.15, 0.2) is 49.3 Å². The number of anilines is 5. The smallest absolute Gasteiger partial charge is 0.247 e. The van der Waals surface area contributed by atoms with E-state index in [1.165, 1.54) is 19.5 Å². The highest BCUT2D eigenvalue weighted by atomic mass is 35.5. The number of nitrogens with zero attached hydrogens (tertiary/aromatic N) is 3. The van der Waals surface area contributed by atoms with Gasteiger partial charge in [-0.05, 0) is 24.6 Å². The van der Waals surface area contributed by atoms with Gasteiger partial charge in [0.05, 0.1) is 61.1 Å². The van der Waals surface area contributed by atoms with Crippen LogP contribution in [0.2, 0.25) is 10.0 Å². The highest BCUT2D eigenvalue weighted by Crippen LogP contribution is 2.39. The highest BCUT2D eigenvalue weighted by molar-refractivity contribution is 6.37. The van der Waals surface area contributed by atoms with Crippen molar-refractivity contribution in [1.82, 2.24) is 14.9 Å². The summed E-state index contributed by atoms with van der Waals surface area (Å²) in [6.45, 7) is 8.22. The molecular weight excluding hydrogens is 571 g/mol. The van der Waals surface area contributed by atoms with E-state index in [0.29, 0.717) is 62.6 Å². The lowest BCUT2D eigenvalue weighted by Crippen LogP contribution is -2.37. The average molecular weight is 604 g/mol. The van der Waals surface area contributed by atoms with Crippen molar-refractivity contribution in [3.05, 3.63) is 59.4 Å². The van der Waals surface area contributed by atoms with Crippen LogP contribution >= 0.6 is 23.2 Å². The normalized spacial score (nSPS) is 13.3. The summed E-state index contributed by atoms with van der Waals surface area (Å²) in [6, 6.07) is 8.39. The number of hydrogen-bond acceptors (Lipinski definition) is 10. The molecule has 2 heterocycles. The predicted octanol–water partition coefficient (Wildman–Crippen LogP) is 5.51. The summed E-state index contributed by atoms with van der Waals surface area (Å²) in [7, 11) is 3.07. The number of amides is 1. The third kappa shape index (κ3) is 8.37. The van der Waals surface area contributed by atoms with E-state index in [1.807, 2.05) is 0 Å². The molecule has 13 heteroatoms. The van der Waals surface area contributed by atoms with Crippen LogP contribution in [0, 0.1) is 0 Å². The molecule has 0 aliphatic carbocycles. The minimum absolute atomic E-state index is 0.372. The summed E-state index contributed by atoms with van der Waals surface area (Å²) in [5.41, 5.74) is 1.56. The van der Waals surface area contributed by atoms with Gasteiger partial charge in [-0.25, -0.2) is 9.97 Å². The van der Waals surface area contributed by atoms with Gasteiger partial charge >= 0.3 is 0 Å². The maximum Gasteiger partial charge on any atom is 0.247 e. The van der Waals surface area contributed by atoms with E-state index in [0.717, 1.165) is 39.3 Å². The van der Waals surface area contributed by atoms with Gasteiger partial charge in [-0.15, -0.1) is 0 Å². The van der Waals surface area contributed by atoms with Gasteiger partial charge < -0.3 is 34.9 Å². The molecule has 1 aliphatic heterocycles. The summed E-state index contributed by atoms with van der Waals surface area (Å²) in [4.78, 5) is 23.1. The lowest BCUT2D eigenvalue weighted by Gasteiger charge is -2.26. The lowest BCUT2D eigenvalue weighted by atomic mass is 10.2. The first-order valence-corrected chi connectivity index (χ1v) is 13.6. The first-order chi connectivity index (χ1) is 19.9. The summed E-state index contributed by atoms with van der Waals surface area (Å²) < 4.78 is 22.4. The van der Waals surface area contributed by atoms with Gasteiger partial charge in [0, 0.05) is 37.8 Å². The van der Waals surface area contributed by atoms with Crippen LogP contribution < -0.4 is 30.2 Å². The molecule has 0 radical (unpaired) electrons. The van der Waals surface area contributed by atoms with Crippen LogP contribution in [0.25, 0.3) is 0 Å². The third-order valence-corrected chi connectivity index (χ3v) is 6.77. The Morgan fingerprint density at radius 2 is 1.66 bits per heavy atom. The molecule has 3 aromatic rings. The van der Waals surface area contributed by atoms with Crippen molar-refractivity contribution >= 4 is 57.8 Å². The monoisotopic (exact) mass is 602 g/mol. The van der Waals surface area contributed by atoms with Crippen LogP contribution in [-0.2, 0) is 9.53 Å². The van der Waals surface area contributed by atoms with Crippen LogP contribution in [0.1, 0.15) is 6.42 Å². The van der Waals surface area contributed by atoms with Crippen LogP contribution in [-0.4, -0.2) is 74.4 Å². The minimum Gasteiger partial charge on any atom is -0.495 e. The first-order valence-electron chi connectivity index (χ1n) is 12.9. The van der Waals surface area contributed by atoms with E-state index < -0.39 is 0 Å². The zero-order chi connectivity index (χ0) is 29.2. The van der Waals surface area contributed by atoms with Gasteiger partial charge in [0.2, 0.25) is 5.91 Å². The molecule has 1 saturated heterocycles. The van der Waals surface area contributed by atoms with Crippen molar-refractivity contribution in [2.75, 3.05) is 69.6 Å². The molecular formula is C28H32Cl2N6O5. The Balaban J connectivity index is 1.51. The molecule has 11 nitrogen and oxygen atoms in total. The summed E-state index contributed by atoms with van der Waals surface area (Å²) in [6.07, 6.45) is 3.40. The van der Waals surface area contributed by atoms with Gasteiger partial charge in [0.1, 0.15) is 35.2 Å². The minimum atomic E-state index is -0.372. The average Bonchev–Trinajstić information content (AvgIpc) is 2.98. The number of morpholine rings is 1. The molecule has 4 rings (SSSR count). The number of ether oxygens (including phenoxy) is 4. The number of hydrogen-bond donors (Lipinski definition) is 3. The molecule has 1 amide bonds. The van der Waals surface area contributed by atoms with E-state index in [-0.39, 0.29) is 5.91 Å². The molecule has 0 spiro atoms. The molecule has 0 saturated carbocycles. The maximum atomic E-state index is 12.2. The summed E-state index contributed by atoms with van der Waals surface area (Å²) in [5, 5.41) is 9.96. The molecule has 2 aromatic carbocycles. The first kappa shape index (κ1) is 30.2. The Hall–Kier alpha value is -3.77. The number of aromatic nitrogens is 2. The van der Waals surface area contributed by atoms with Crippen molar-refractivity contribution in [3.63, 3.8) is 0 Å². The Bertz CT molecular complexity index is 1370. The topological polar surface area (TPSA) is 119 Å². The van der Waals surface area contributed by atoms with Crippen molar-refractivity contribution in [2.45, 2.75) is 6.42 Å². The maximum absolute atomic E-state index is 12.2. The number of methoxy groups -OCH3 is 2. The van der Waals surface area contributed by atoms with Crippen molar-refractivity contribution in [2.24, 2.45) is 0 Å². The number of rotatable bonds is 13. The fourth-order valence-electron chi connectivity index (χ4n) is 4.07. The second-order valence-corrected chi connectivity index (χ2v) is 9.72. The lowest BCUT2D eigenvalue weighted by molar-refractivity contribution is -0.111. The molecule has 3 N–H and O–H groups in total. The zero-order valence-electron chi connectivity index (χ0n) is 22.8. The molecule has 0 unspecified atom stereocenters. The predicted molar refractivity (Wildman–Crippen MR) is 161 cm³/mol. The van der Waals surface area contributed by atoms with E-state index in [1.54, 1.807) is 37.4 Å². The van der Waals surface area contributed by atoms with Crippen LogP contribution in [0.3, 0.4) is 0 Å². The van der Waals surface area contributed by atoms with Gasteiger partial charge in [-0.1, -0.05) is 29.8 Å². The van der Waals surface area contributed by atoms with E-state index >= 15 is 0 Å². The van der Waals surface area contributed by atoms with Crippen LogP contribution in [0.4, 0.5) is 28.7 Å². The molecule has 1 aromatic heterocycles. The van der Waals surface area contributed by atoms with Gasteiger partial charge in [-0.2, -0.15) is 0 Å². The molecule has 41 heavy (non-hydrogen) atoms. The van der Waals surface area contributed by atoms with Crippen molar-refractivity contribution in [3.8, 4) is 17.2 Å². The highest BCUT2D eigenvalue weighted by Gasteiger charge is 2.16. The van der Waals surface area contributed by atoms with Gasteiger partial charge in [-0.3, -0.25) is 9.69 Å². The quantitative estimate of drug-likeness (QED) is 0.170. The second kappa shape index (κ2) is 14.7. The number of carbonyl (C=O) groups excluding carboxylic acids is 1. The largest absolute Gasteiger partial charge is 0.495 e. The molecule has 0 atom stereocenters. The fourth-order valence-corrected chi connectivity index (χ4v) is 4.58. The standard InChI is InChI=1S/C28H32Cl2N6O5/c1-4-28(37)35-22-13-21(24(39-3)15-25(22)41-9-5-6-36-7-10-40-11-8-36)34-27-16-26(31-17-32-27)33-20-14-23(38-2)19(30)12-18(20)29/h4,12-17H,1,5-11H2,2-3H3,(H,35,37)(H2,31,32,33,34). The van der Waals surface area contributed by atoms with E-state index in [4.69, 9.17) is 42.1 Å². The second-order valence-electron chi connectivity index (χ2n) is 8.90. The third-order valence-electron chi connectivity index (χ3n) is 6.16. The van der Waals surface area contributed by atoms with Gasteiger partial charge in [0.25, 0.3) is 0 Å². The van der Waals surface area contributed by atoms with Crippen molar-refractivity contribution in [1.29, 1.82) is 0 Å². The fraction of sp³-hybridized carbons (Fsp3) is 0.321. The van der Waals surface area contributed by atoms with E-state index in [2.05, 4.69) is 37.4 Å². The number of nitrogens with one attached hydrogen (secondary N) is 3. The summed E-state index contributed by atoms with van der Waals surface area (Å²) >= 11 is 12.5. The Morgan fingerprint density at radius 1 is 0.951 bits per heavy atom. The number of carbonyl (C=O) groups is 1. The molecule has 0 bridgehead atoms. The van der Waals surface area contributed by atoms with Crippen molar-refractivity contribution < 1.29 is 23.7 Å². The number of benzene rings is 2. The summed E-state index contributed by atoms with van der Waals surface area (Å²) in [5.74, 6) is 1.98. The van der Waals surface area contributed by atoms with Gasteiger partial charge in [0.15, 0.2) is 0 Å². The Kier molecular flexibility index (Phi) is 10.9. The molecule has 1 fully saturated rings. The Labute approximate surface area is 248 Å². The van der Waals surface area contributed by atoms with E-state index in [9.17, 15) is 4.79 Å². The molecule has 218 valence electrons. The molecule has 1 aliphatic rings.